The van der Waals surface area contributed by atoms with E-state index in [1.165, 1.54) is 0 Å². The summed E-state index contributed by atoms with van der Waals surface area (Å²) in [5.41, 5.74) is 9.30. The minimum Gasteiger partial charge on any atom is -0.356 e. The Bertz CT molecular complexity index is 2220. The molecule has 0 spiro atoms. The van der Waals surface area contributed by atoms with Gasteiger partial charge in [-0.25, -0.2) is 0 Å². The molecule has 0 atom stereocenters. The van der Waals surface area contributed by atoms with E-state index in [1.807, 2.05) is 91.0 Å². The van der Waals surface area contributed by atoms with E-state index in [-0.39, 0.29) is 12.6 Å². The van der Waals surface area contributed by atoms with Crippen LogP contribution in [-0.2, 0) is 11.3 Å². The Morgan fingerprint density at radius 3 is 2.00 bits per heavy atom. The van der Waals surface area contributed by atoms with Gasteiger partial charge in [0.1, 0.15) is 6.73 Å². The number of benzene rings is 6. The van der Waals surface area contributed by atoms with Crippen molar-refractivity contribution >= 4 is 33.4 Å². The quantitative estimate of drug-likeness (QED) is 0.208. The molecule has 0 radical (unpaired) electrons. The molecule has 5 nitrogen and oxygen atoms in total. The summed E-state index contributed by atoms with van der Waals surface area (Å²) in [4.78, 5) is 16.9. The average Bonchev–Trinajstić information content (AvgIpc) is 3.33. The maximum Gasteiger partial charge on any atom is 0.262 e. The Hall–Kier alpha value is -5.96. The third-order valence-corrected chi connectivity index (χ3v) is 8.59. The topological polar surface area (TPSA) is 58.3 Å². The van der Waals surface area contributed by atoms with Crippen LogP contribution in [0, 0.1) is 11.3 Å². The summed E-state index contributed by atoms with van der Waals surface area (Å²) in [7, 11) is 0. The van der Waals surface area contributed by atoms with Crippen molar-refractivity contribution in [2.24, 2.45) is 0 Å². The van der Waals surface area contributed by atoms with E-state index in [1.54, 1.807) is 4.90 Å². The van der Waals surface area contributed by atoms with Gasteiger partial charge < -0.3 is 9.30 Å². The molecule has 6 aromatic carbocycles. The molecule has 0 aliphatic carbocycles. The van der Waals surface area contributed by atoms with Gasteiger partial charge in [-0.15, -0.1) is 0 Å². The number of fused-ring (bicyclic) bond motifs is 4. The van der Waals surface area contributed by atoms with E-state index >= 15 is 4.79 Å². The molecule has 8 rings (SSSR count). The third kappa shape index (κ3) is 4.39. The van der Waals surface area contributed by atoms with Crippen LogP contribution in [0.2, 0.25) is 0 Å². The number of hydrogen-bond acceptors (Lipinski definition) is 3. The van der Waals surface area contributed by atoms with Gasteiger partial charge in [0.05, 0.1) is 46.2 Å². The van der Waals surface area contributed by atoms with Crippen LogP contribution in [0.1, 0.15) is 21.5 Å². The van der Waals surface area contributed by atoms with Crippen LogP contribution in [0.5, 0.6) is 0 Å². The van der Waals surface area contributed by atoms with Crippen LogP contribution in [0.25, 0.3) is 49.7 Å². The van der Waals surface area contributed by atoms with Crippen LogP contribution in [0.3, 0.4) is 0 Å². The molecule has 0 fully saturated rings. The lowest BCUT2D eigenvalue weighted by atomic mass is 9.94. The van der Waals surface area contributed by atoms with Gasteiger partial charge in [0, 0.05) is 21.9 Å². The number of anilines is 1. The number of carbonyl (C=O) groups is 1. The lowest BCUT2D eigenvalue weighted by Gasteiger charge is -2.27. The smallest absolute Gasteiger partial charge is 0.262 e. The van der Waals surface area contributed by atoms with Crippen molar-refractivity contribution in [3.05, 3.63) is 156 Å². The highest BCUT2D eigenvalue weighted by atomic mass is 16.5. The fourth-order valence-corrected chi connectivity index (χ4v) is 6.58. The Morgan fingerprint density at radius 2 is 1.29 bits per heavy atom. The number of rotatable bonds is 4. The Labute approximate surface area is 260 Å². The summed E-state index contributed by atoms with van der Waals surface area (Å²) in [6.07, 6.45) is 0. The van der Waals surface area contributed by atoms with Crippen molar-refractivity contribution in [3.8, 4) is 34.0 Å². The second-order valence-electron chi connectivity index (χ2n) is 11.2. The van der Waals surface area contributed by atoms with E-state index in [2.05, 4.69) is 59.2 Å². The molecule has 7 aromatic rings. The molecule has 2 heterocycles. The molecule has 214 valence electrons. The summed E-state index contributed by atoms with van der Waals surface area (Å²) < 4.78 is 8.39. The van der Waals surface area contributed by atoms with Crippen molar-refractivity contribution in [1.82, 2.24) is 4.57 Å². The second-order valence-corrected chi connectivity index (χ2v) is 11.2. The van der Waals surface area contributed by atoms with Crippen molar-refractivity contribution in [3.63, 3.8) is 0 Å². The first-order valence-electron chi connectivity index (χ1n) is 14.9. The Morgan fingerprint density at radius 1 is 0.644 bits per heavy atom. The average molecular weight is 582 g/mol. The Balaban J connectivity index is 1.39. The molecule has 0 bridgehead atoms. The third-order valence-electron chi connectivity index (χ3n) is 8.59. The number of hydrogen-bond donors (Lipinski definition) is 0. The maximum absolute atomic E-state index is 15.1. The number of nitrogens with zero attached hydrogens (tertiary/aromatic N) is 3. The largest absolute Gasteiger partial charge is 0.356 e. The van der Waals surface area contributed by atoms with Crippen molar-refractivity contribution in [1.29, 1.82) is 5.26 Å². The monoisotopic (exact) mass is 581 g/mol. The molecule has 1 aliphatic rings. The van der Waals surface area contributed by atoms with Gasteiger partial charge in [0.15, 0.2) is 0 Å². The van der Waals surface area contributed by atoms with Crippen LogP contribution < -0.4 is 4.90 Å². The highest BCUT2D eigenvalue weighted by Crippen LogP contribution is 2.42. The molecule has 1 aliphatic heterocycles. The SMILES string of the molecule is N#Cc1ccc2c3ccccc3n(-c3cccc4c3C(=O)N(c3c(-c5ccccc5)cccc3-c3ccccc3)COC4)c2c1. The fraction of sp³-hybridized carbons (Fsp3) is 0.0500. The van der Waals surface area contributed by atoms with Crippen LogP contribution in [-0.4, -0.2) is 17.2 Å². The molecular formula is C40H27N3O2. The van der Waals surface area contributed by atoms with Gasteiger partial charge in [0.25, 0.3) is 5.91 Å². The van der Waals surface area contributed by atoms with E-state index in [4.69, 9.17) is 4.74 Å². The van der Waals surface area contributed by atoms with Gasteiger partial charge in [-0.05, 0) is 41.0 Å². The van der Waals surface area contributed by atoms with E-state index in [9.17, 15) is 5.26 Å². The molecule has 1 aromatic heterocycles. The maximum atomic E-state index is 15.1. The van der Waals surface area contributed by atoms with Crippen molar-refractivity contribution in [2.45, 2.75) is 6.61 Å². The Kier molecular flexibility index (Phi) is 6.48. The second kappa shape index (κ2) is 10.9. The highest BCUT2D eigenvalue weighted by molar-refractivity contribution is 6.15. The molecule has 5 heteroatoms. The number of carbonyl (C=O) groups excluding carboxylic acids is 1. The number of amides is 1. The summed E-state index contributed by atoms with van der Waals surface area (Å²) in [6.45, 7) is 0.391. The van der Waals surface area contributed by atoms with E-state index < -0.39 is 0 Å². The summed E-state index contributed by atoms with van der Waals surface area (Å²) in [5, 5.41) is 11.9. The van der Waals surface area contributed by atoms with Crippen molar-refractivity contribution in [2.75, 3.05) is 11.6 Å². The molecular weight excluding hydrogens is 554 g/mol. The van der Waals surface area contributed by atoms with Crippen LogP contribution in [0.4, 0.5) is 5.69 Å². The summed E-state index contributed by atoms with van der Waals surface area (Å²) in [5.74, 6) is -0.138. The van der Waals surface area contributed by atoms with Crippen LogP contribution in [0.15, 0.2) is 140 Å². The first-order valence-corrected chi connectivity index (χ1v) is 14.9. The summed E-state index contributed by atoms with van der Waals surface area (Å²) in [6, 6.07) is 48.6. The molecule has 0 N–H and O–H groups in total. The zero-order chi connectivity index (χ0) is 30.3. The number of aromatic nitrogens is 1. The molecule has 0 unspecified atom stereocenters. The van der Waals surface area contributed by atoms with Crippen molar-refractivity contribution < 1.29 is 9.53 Å². The lowest BCUT2D eigenvalue weighted by Crippen LogP contribution is -2.33. The van der Waals surface area contributed by atoms with E-state index in [0.717, 1.165) is 61.0 Å². The zero-order valence-electron chi connectivity index (χ0n) is 24.4. The summed E-state index contributed by atoms with van der Waals surface area (Å²) >= 11 is 0. The predicted octanol–water partition coefficient (Wildman–Crippen LogP) is 9.12. The molecule has 45 heavy (non-hydrogen) atoms. The predicted molar refractivity (Wildman–Crippen MR) is 179 cm³/mol. The zero-order valence-corrected chi connectivity index (χ0v) is 24.4. The van der Waals surface area contributed by atoms with Gasteiger partial charge in [-0.1, -0.05) is 115 Å². The highest BCUT2D eigenvalue weighted by Gasteiger charge is 2.31. The fourth-order valence-electron chi connectivity index (χ4n) is 6.58. The number of ether oxygens (including phenoxy) is 1. The normalized spacial score (nSPS) is 13.0. The minimum absolute atomic E-state index is 0.0996. The first-order chi connectivity index (χ1) is 22.2. The molecule has 0 saturated heterocycles. The minimum atomic E-state index is -0.138. The van der Waals surface area contributed by atoms with Crippen LogP contribution >= 0.6 is 0 Å². The van der Waals surface area contributed by atoms with Gasteiger partial charge in [-0.2, -0.15) is 5.26 Å². The van der Waals surface area contributed by atoms with Gasteiger partial charge >= 0.3 is 0 Å². The first kappa shape index (κ1) is 26.7. The number of para-hydroxylation sites is 2. The van der Waals surface area contributed by atoms with Gasteiger partial charge in [-0.3, -0.25) is 9.69 Å². The standard InChI is InChI=1S/C40H27N3O2/c41-24-27-21-22-34-33-16-7-8-19-35(33)43(37(34)23-27)36-20-9-15-30-25-45-26-42(40(44)38(30)36)39-31(28-11-3-1-4-12-28)17-10-18-32(39)29-13-5-2-6-14-29/h1-23H,25-26H2. The molecule has 1 amide bonds. The lowest BCUT2D eigenvalue weighted by molar-refractivity contribution is 0.0905. The van der Waals surface area contributed by atoms with Gasteiger partial charge in [0.2, 0.25) is 0 Å². The number of nitriles is 1. The molecule has 0 saturated carbocycles. The van der Waals surface area contributed by atoms with E-state index in [0.29, 0.717) is 17.7 Å².